The highest BCUT2D eigenvalue weighted by Gasteiger charge is 2.01. The van der Waals surface area contributed by atoms with E-state index >= 15 is 0 Å². The van der Waals surface area contributed by atoms with Gasteiger partial charge in [-0.25, -0.2) is 4.98 Å². The number of halogens is 2. The second kappa shape index (κ2) is 2.50. The molecule has 2 rings (SSSR count). The summed E-state index contributed by atoms with van der Waals surface area (Å²) in [5.41, 5.74) is 0.876. The molecule has 0 unspecified atom stereocenters. The van der Waals surface area contributed by atoms with Crippen LogP contribution in [0.25, 0.3) is 10.9 Å². The normalized spacial score (nSPS) is 10.7. The quantitative estimate of drug-likeness (QED) is 0.694. The van der Waals surface area contributed by atoms with Crippen molar-refractivity contribution in [1.82, 2.24) is 9.97 Å². The Kier molecular flexibility index (Phi) is 1.62. The minimum absolute atomic E-state index is 0.508. The van der Waals surface area contributed by atoms with Crippen LogP contribution >= 0.6 is 27.5 Å². The van der Waals surface area contributed by atoms with Gasteiger partial charge in [-0.1, -0.05) is 11.6 Å². The number of aromatic amines is 1. The van der Waals surface area contributed by atoms with Crippen molar-refractivity contribution in [3.05, 3.63) is 28.1 Å². The van der Waals surface area contributed by atoms with Gasteiger partial charge in [-0.3, -0.25) is 0 Å². The van der Waals surface area contributed by atoms with Crippen molar-refractivity contribution in [1.29, 1.82) is 0 Å². The minimum atomic E-state index is 0.508. The van der Waals surface area contributed by atoms with Gasteiger partial charge in [-0.15, -0.1) is 0 Å². The van der Waals surface area contributed by atoms with Gasteiger partial charge < -0.3 is 4.98 Å². The summed E-state index contributed by atoms with van der Waals surface area (Å²) in [4.78, 5) is 6.98. The van der Waals surface area contributed by atoms with Gasteiger partial charge in [-0.2, -0.15) is 0 Å². The Bertz CT molecular complexity index is 396. The molecule has 0 amide bonds. The summed E-state index contributed by atoms with van der Waals surface area (Å²) in [6.07, 6.45) is 1.69. The molecule has 2 aromatic heterocycles. The van der Waals surface area contributed by atoms with Gasteiger partial charge in [0.05, 0.1) is 10.1 Å². The highest BCUT2D eigenvalue weighted by Crippen LogP contribution is 2.23. The van der Waals surface area contributed by atoms with E-state index < -0.39 is 0 Å². The van der Waals surface area contributed by atoms with E-state index in [0.717, 1.165) is 15.5 Å². The third-order valence-corrected chi connectivity index (χ3v) is 2.18. The average Bonchev–Trinajstić information content (AvgIpc) is 2.31. The fraction of sp³-hybridized carbons (Fsp3) is 0. The van der Waals surface area contributed by atoms with E-state index in [1.807, 2.05) is 12.1 Å². The van der Waals surface area contributed by atoms with E-state index in [-0.39, 0.29) is 0 Å². The van der Waals surface area contributed by atoms with Crippen LogP contribution in [-0.4, -0.2) is 9.97 Å². The van der Waals surface area contributed by atoms with Gasteiger partial charge >= 0.3 is 0 Å². The fourth-order valence-corrected chi connectivity index (χ4v) is 1.64. The minimum Gasteiger partial charge on any atom is -0.347 e. The summed E-state index contributed by atoms with van der Waals surface area (Å²) < 4.78 is 0.919. The van der Waals surface area contributed by atoms with Crippen molar-refractivity contribution in [2.45, 2.75) is 0 Å². The van der Waals surface area contributed by atoms with Crippen LogP contribution in [0.4, 0.5) is 0 Å². The molecule has 56 valence electrons. The van der Waals surface area contributed by atoms with E-state index in [1.54, 1.807) is 6.20 Å². The highest BCUT2D eigenvalue weighted by atomic mass is 79.9. The first kappa shape index (κ1) is 7.13. The van der Waals surface area contributed by atoms with Crippen LogP contribution in [-0.2, 0) is 0 Å². The smallest absolute Gasteiger partial charge is 0.153 e. The Morgan fingerprint density at radius 1 is 1.55 bits per heavy atom. The zero-order valence-corrected chi connectivity index (χ0v) is 7.78. The zero-order chi connectivity index (χ0) is 7.84. The van der Waals surface area contributed by atoms with Crippen LogP contribution in [0.15, 0.2) is 22.9 Å². The van der Waals surface area contributed by atoms with Gasteiger partial charge in [-0.05, 0) is 28.1 Å². The maximum absolute atomic E-state index is 5.81. The molecule has 4 heteroatoms. The van der Waals surface area contributed by atoms with Crippen LogP contribution in [0.3, 0.4) is 0 Å². The lowest BCUT2D eigenvalue weighted by atomic mass is 10.3. The number of nitrogens with one attached hydrogen (secondary N) is 1. The summed E-state index contributed by atoms with van der Waals surface area (Å²) in [6, 6.07) is 3.87. The van der Waals surface area contributed by atoms with Crippen molar-refractivity contribution >= 4 is 38.4 Å². The SMILES string of the molecule is Clc1nccc2cc(Br)[nH]c12. The molecule has 0 bridgehead atoms. The number of hydrogen-bond donors (Lipinski definition) is 1. The first-order valence-electron chi connectivity index (χ1n) is 3.06. The van der Waals surface area contributed by atoms with Gasteiger partial charge in [0.1, 0.15) is 0 Å². The van der Waals surface area contributed by atoms with E-state index in [2.05, 4.69) is 25.9 Å². The number of aromatic nitrogens is 2. The number of pyridine rings is 1. The fourth-order valence-electron chi connectivity index (χ4n) is 0.986. The van der Waals surface area contributed by atoms with E-state index in [4.69, 9.17) is 11.6 Å². The third kappa shape index (κ3) is 1.14. The van der Waals surface area contributed by atoms with E-state index in [0.29, 0.717) is 5.15 Å². The van der Waals surface area contributed by atoms with Gasteiger partial charge in [0.15, 0.2) is 5.15 Å². The average molecular weight is 231 g/mol. The summed E-state index contributed by atoms with van der Waals surface area (Å²) in [5.74, 6) is 0. The lowest BCUT2D eigenvalue weighted by Crippen LogP contribution is -1.74. The van der Waals surface area contributed by atoms with Crippen molar-refractivity contribution in [3.8, 4) is 0 Å². The lowest BCUT2D eigenvalue weighted by Gasteiger charge is -1.89. The topological polar surface area (TPSA) is 28.7 Å². The molecule has 2 heterocycles. The van der Waals surface area contributed by atoms with Crippen molar-refractivity contribution in [3.63, 3.8) is 0 Å². The standard InChI is InChI=1S/C7H4BrClN2/c8-5-3-4-1-2-10-7(9)6(4)11-5/h1-3,11H. The van der Waals surface area contributed by atoms with Gasteiger partial charge in [0.2, 0.25) is 0 Å². The number of nitrogens with zero attached hydrogens (tertiary/aromatic N) is 1. The Balaban J connectivity index is 2.90. The molecule has 0 aliphatic carbocycles. The van der Waals surface area contributed by atoms with Gasteiger partial charge in [0, 0.05) is 11.6 Å². The summed E-state index contributed by atoms with van der Waals surface area (Å²) in [6.45, 7) is 0. The molecule has 1 N–H and O–H groups in total. The summed E-state index contributed by atoms with van der Waals surface area (Å²) in [5, 5.41) is 1.57. The van der Waals surface area contributed by atoms with Crippen LogP contribution in [0.5, 0.6) is 0 Å². The molecule has 0 saturated carbocycles. The lowest BCUT2D eigenvalue weighted by molar-refractivity contribution is 1.33. The predicted molar refractivity (Wildman–Crippen MR) is 48.8 cm³/mol. The van der Waals surface area contributed by atoms with Crippen molar-refractivity contribution in [2.24, 2.45) is 0 Å². The predicted octanol–water partition coefficient (Wildman–Crippen LogP) is 2.98. The number of H-pyrrole nitrogens is 1. The molecule has 0 spiro atoms. The number of fused-ring (bicyclic) bond motifs is 1. The zero-order valence-electron chi connectivity index (χ0n) is 5.44. The van der Waals surface area contributed by atoms with E-state index in [9.17, 15) is 0 Å². The maximum Gasteiger partial charge on any atom is 0.153 e. The molecule has 0 saturated heterocycles. The van der Waals surface area contributed by atoms with Crippen molar-refractivity contribution < 1.29 is 0 Å². The molecular weight excluding hydrogens is 227 g/mol. The molecule has 11 heavy (non-hydrogen) atoms. The Morgan fingerprint density at radius 2 is 2.36 bits per heavy atom. The van der Waals surface area contributed by atoms with Crippen LogP contribution in [0.2, 0.25) is 5.15 Å². The Labute approximate surface area is 76.7 Å². The molecule has 2 aromatic rings. The third-order valence-electron chi connectivity index (χ3n) is 1.46. The Hall–Kier alpha value is -0.540. The molecule has 2 nitrogen and oxygen atoms in total. The molecule has 0 atom stereocenters. The number of rotatable bonds is 0. The number of hydrogen-bond acceptors (Lipinski definition) is 1. The molecule has 0 radical (unpaired) electrons. The van der Waals surface area contributed by atoms with Gasteiger partial charge in [0.25, 0.3) is 0 Å². The summed E-state index contributed by atoms with van der Waals surface area (Å²) >= 11 is 9.12. The molecule has 0 fully saturated rings. The molecule has 0 aliphatic heterocycles. The molecular formula is C7H4BrClN2. The van der Waals surface area contributed by atoms with Crippen LogP contribution in [0, 0.1) is 0 Å². The van der Waals surface area contributed by atoms with Crippen LogP contribution in [0.1, 0.15) is 0 Å². The van der Waals surface area contributed by atoms with E-state index in [1.165, 1.54) is 0 Å². The Morgan fingerprint density at radius 3 is 3.09 bits per heavy atom. The maximum atomic E-state index is 5.81. The summed E-state index contributed by atoms with van der Waals surface area (Å²) in [7, 11) is 0. The molecule has 0 aliphatic rings. The van der Waals surface area contributed by atoms with Crippen molar-refractivity contribution in [2.75, 3.05) is 0 Å². The largest absolute Gasteiger partial charge is 0.347 e. The second-order valence-electron chi connectivity index (χ2n) is 2.18. The highest BCUT2D eigenvalue weighted by molar-refractivity contribution is 9.10. The first-order chi connectivity index (χ1) is 5.27. The first-order valence-corrected chi connectivity index (χ1v) is 4.23. The molecule has 0 aromatic carbocycles. The van der Waals surface area contributed by atoms with Crippen LogP contribution < -0.4 is 0 Å². The second-order valence-corrected chi connectivity index (χ2v) is 3.40. The monoisotopic (exact) mass is 230 g/mol.